The van der Waals surface area contributed by atoms with Crippen LogP contribution in [0.25, 0.3) is 0 Å². The summed E-state index contributed by atoms with van der Waals surface area (Å²) < 4.78 is 0. The first-order valence-corrected chi connectivity index (χ1v) is 8.71. The molecule has 0 aliphatic heterocycles. The van der Waals surface area contributed by atoms with E-state index < -0.39 is 0 Å². The van der Waals surface area contributed by atoms with Crippen molar-refractivity contribution >= 4 is 0 Å². The fourth-order valence-corrected chi connectivity index (χ4v) is 1.27. The maximum atomic E-state index is 2.24. The zero-order valence-electron chi connectivity index (χ0n) is 17.5. The van der Waals surface area contributed by atoms with Crippen molar-refractivity contribution in [3.05, 3.63) is 35.4 Å². The highest BCUT2D eigenvalue weighted by molar-refractivity contribution is 5.26. The van der Waals surface area contributed by atoms with Gasteiger partial charge in [-0.3, -0.25) is 0 Å². The van der Waals surface area contributed by atoms with E-state index in [1.165, 1.54) is 11.1 Å². The van der Waals surface area contributed by atoms with Crippen LogP contribution in [-0.4, -0.2) is 0 Å². The van der Waals surface area contributed by atoms with Crippen LogP contribution in [0.1, 0.15) is 113 Å². The minimum atomic E-state index is 0. The SMILES string of the molecule is C.CC(C)(C)C.CC(C)(C)C.CC(C)c1ccc(C(C)C)cc1. The van der Waals surface area contributed by atoms with Gasteiger partial charge in [-0.1, -0.05) is 115 Å². The first kappa shape index (κ1) is 27.1. The van der Waals surface area contributed by atoms with Crippen molar-refractivity contribution in [3.63, 3.8) is 0 Å². The normalized spacial score (nSPS) is 11.0. The zero-order chi connectivity index (χ0) is 18.1. The highest BCUT2D eigenvalue weighted by atomic mass is 14.1. The van der Waals surface area contributed by atoms with Gasteiger partial charge in [-0.05, 0) is 33.8 Å². The topological polar surface area (TPSA) is 0 Å². The Kier molecular flexibility index (Phi) is 13.8. The minimum absolute atomic E-state index is 0. The quantitative estimate of drug-likeness (QED) is 0.511. The second-order valence-electron chi connectivity index (χ2n) is 9.98. The van der Waals surface area contributed by atoms with Crippen LogP contribution in [0.3, 0.4) is 0 Å². The molecule has 138 valence electrons. The van der Waals surface area contributed by atoms with Crippen LogP contribution in [0.15, 0.2) is 24.3 Å². The Morgan fingerprint density at radius 1 is 0.522 bits per heavy atom. The van der Waals surface area contributed by atoms with Gasteiger partial charge in [-0.15, -0.1) is 0 Å². The Balaban J connectivity index is -0.000000307. The van der Waals surface area contributed by atoms with E-state index in [2.05, 4.69) is 107 Å². The van der Waals surface area contributed by atoms with Crippen molar-refractivity contribution in [2.24, 2.45) is 10.8 Å². The summed E-state index contributed by atoms with van der Waals surface area (Å²) in [5, 5.41) is 0. The predicted octanol–water partition coefficient (Wildman–Crippen LogP) is 8.67. The molecular formula is C23H46. The largest absolute Gasteiger partial charge is 0.0776 e. The molecule has 0 saturated heterocycles. The lowest BCUT2D eigenvalue weighted by molar-refractivity contribution is 0.469. The van der Waals surface area contributed by atoms with E-state index in [-0.39, 0.29) is 7.43 Å². The lowest BCUT2D eigenvalue weighted by Crippen LogP contribution is -1.93. The van der Waals surface area contributed by atoms with Crippen molar-refractivity contribution in [2.45, 2.75) is 102 Å². The lowest BCUT2D eigenvalue weighted by atomic mass is 9.97. The summed E-state index contributed by atoms with van der Waals surface area (Å²) in [4.78, 5) is 0. The fourth-order valence-electron chi connectivity index (χ4n) is 1.27. The molecule has 0 bridgehead atoms. The third-order valence-corrected chi connectivity index (χ3v) is 2.27. The van der Waals surface area contributed by atoms with Gasteiger partial charge in [0.15, 0.2) is 0 Å². The highest BCUT2D eigenvalue weighted by Gasteiger charge is 2.00. The molecule has 0 saturated carbocycles. The van der Waals surface area contributed by atoms with E-state index in [0.29, 0.717) is 22.7 Å². The van der Waals surface area contributed by atoms with Gasteiger partial charge >= 0.3 is 0 Å². The molecule has 0 heterocycles. The number of rotatable bonds is 2. The van der Waals surface area contributed by atoms with Gasteiger partial charge in [0.25, 0.3) is 0 Å². The van der Waals surface area contributed by atoms with Crippen LogP contribution in [0.5, 0.6) is 0 Å². The Hall–Kier alpha value is -0.780. The Morgan fingerprint density at radius 2 is 0.652 bits per heavy atom. The molecule has 1 aromatic carbocycles. The fraction of sp³-hybridized carbons (Fsp3) is 0.739. The zero-order valence-corrected chi connectivity index (χ0v) is 17.5. The average molecular weight is 323 g/mol. The molecule has 0 atom stereocenters. The van der Waals surface area contributed by atoms with Crippen LogP contribution in [0.2, 0.25) is 0 Å². The van der Waals surface area contributed by atoms with Crippen LogP contribution in [-0.2, 0) is 0 Å². The van der Waals surface area contributed by atoms with Gasteiger partial charge in [0.05, 0.1) is 0 Å². The molecule has 1 rings (SSSR count). The number of hydrogen-bond donors (Lipinski definition) is 0. The summed E-state index contributed by atoms with van der Waals surface area (Å²) in [5.74, 6) is 1.29. The molecule has 0 unspecified atom stereocenters. The first-order chi connectivity index (χ1) is 9.61. The van der Waals surface area contributed by atoms with Crippen molar-refractivity contribution < 1.29 is 0 Å². The molecule has 23 heavy (non-hydrogen) atoms. The van der Waals surface area contributed by atoms with Crippen molar-refractivity contribution in [1.29, 1.82) is 0 Å². The van der Waals surface area contributed by atoms with E-state index >= 15 is 0 Å². The van der Waals surface area contributed by atoms with Crippen molar-refractivity contribution in [3.8, 4) is 0 Å². The molecule has 0 N–H and O–H groups in total. The van der Waals surface area contributed by atoms with E-state index in [9.17, 15) is 0 Å². The summed E-state index contributed by atoms with van der Waals surface area (Å²) >= 11 is 0. The highest BCUT2D eigenvalue weighted by Crippen LogP contribution is 2.19. The Morgan fingerprint density at radius 3 is 0.739 bits per heavy atom. The summed E-state index contributed by atoms with van der Waals surface area (Å²) in [6, 6.07) is 8.94. The van der Waals surface area contributed by atoms with Crippen LogP contribution >= 0.6 is 0 Å². The lowest BCUT2D eigenvalue weighted by Gasteiger charge is -2.08. The van der Waals surface area contributed by atoms with E-state index in [4.69, 9.17) is 0 Å². The third kappa shape index (κ3) is 26.4. The molecule has 0 nitrogen and oxygen atoms in total. The molecule has 0 aliphatic carbocycles. The van der Waals surface area contributed by atoms with Gasteiger partial charge in [-0.2, -0.15) is 0 Å². The smallest absolute Gasteiger partial charge is 0.0219 e. The van der Waals surface area contributed by atoms with Gasteiger partial charge in [0.1, 0.15) is 0 Å². The first-order valence-electron chi connectivity index (χ1n) is 8.71. The maximum absolute atomic E-state index is 2.24. The van der Waals surface area contributed by atoms with Crippen molar-refractivity contribution in [1.82, 2.24) is 0 Å². The molecule has 0 spiro atoms. The standard InChI is InChI=1S/C12H18.2C5H12.CH4/c1-9(2)11-5-7-12(8-6-11)10(3)4;2*1-5(2,3)4;/h5-10H,1-4H3;2*1-4H3;1H4. The number of hydrogen-bond acceptors (Lipinski definition) is 0. The van der Waals surface area contributed by atoms with Crippen LogP contribution in [0.4, 0.5) is 0 Å². The van der Waals surface area contributed by atoms with Gasteiger partial charge < -0.3 is 0 Å². The van der Waals surface area contributed by atoms with E-state index in [0.717, 1.165) is 0 Å². The summed E-state index contributed by atoms with van der Waals surface area (Å²) in [6.07, 6.45) is 0. The summed E-state index contributed by atoms with van der Waals surface area (Å²) in [7, 11) is 0. The third-order valence-electron chi connectivity index (χ3n) is 2.27. The van der Waals surface area contributed by atoms with E-state index in [1.54, 1.807) is 0 Å². The molecule has 0 fully saturated rings. The van der Waals surface area contributed by atoms with E-state index in [1.807, 2.05) is 0 Å². The Labute approximate surface area is 149 Å². The summed E-state index contributed by atoms with van der Waals surface area (Å²) in [5.41, 5.74) is 3.86. The van der Waals surface area contributed by atoms with Gasteiger partial charge in [0.2, 0.25) is 0 Å². The average Bonchev–Trinajstić information content (AvgIpc) is 2.24. The maximum Gasteiger partial charge on any atom is -0.0219 e. The molecule has 0 radical (unpaired) electrons. The summed E-state index contributed by atoms with van der Waals surface area (Å²) in [6.45, 7) is 26.4. The molecule has 1 aromatic rings. The van der Waals surface area contributed by atoms with Crippen LogP contribution in [0, 0.1) is 10.8 Å². The van der Waals surface area contributed by atoms with Gasteiger partial charge in [-0.25, -0.2) is 0 Å². The molecule has 0 amide bonds. The monoisotopic (exact) mass is 322 g/mol. The Bertz CT molecular complexity index is 315. The minimum Gasteiger partial charge on any atom is -0.0776 e. The predicted molar refractivity (Wildman–Crippen MR) is 112 cm³/mol. The van der Waals surface area contributed by atoms with Crippen LogP contribution < -0.4 is 0 Å². The molecular weight excluding hydrogens is 276 g/mol. The second kappa shape index (κ2) is 11.7. The second-order valence-corrected chi connectivity index (χ2v) is 9.98. The van der Waals surface area contributed by atoms with Crippen molar-refractivity contribution in [2.75, 3.05) is 0 Å². The van der Waals surface area contributed by atoms with Gasteiger partial charge in [0, 0.05) is 0 Å². The molecule has 0 aliphatic rings. The molecule has 0 aromatic heterocycles. The molecule has 0 heteroatoms. The number of benzene rings is 1.